The van der Waals surface area contributed by atoms with E-state index in [0.29, 0.717) is 5.92 Å². The summed E-state index contributed by atoms with van der Waals surface area (Å²) < 4.78 is 2.19. The van der Waals surface area contributed by atoms with Crippen molar-refractivity contribution in [2.75, 3.05) is 13.1 Å². The van der Waals surface area contributed by atoms with E-state index in [9.17, 15) is 0 Å². The first kappa shape index (κ1) is 11.4. The molecule has 0 radical (unpaired) electrons. The molecule has 3 rings (SSSR count). The first-order valence-corrected chi connectivity index (χ1v) is 6.50. The van der Waals surface area contributed by atoms with Crippen molar-refractivity contribution in [1.29, 1.82) is 0 Å². The van der Waals surface area contributed by atoms with Crippen LogP contribution >= 0.6 is 0 Å². The van der Waals surface area contributed by atoms with E-state index in [4.69, 9.17) is 0 Å². The minimum atomic E-state index is 0.578. The number of hydrogen-bond donors (Lipinski definition) is 1. The second-order valence-corrected chi connectivity index (χ2v) is 4.80. The second kappa shape index (κ2) is 4.90. The van der Waals surface area contributed by atoms with Crippen molar-refractivity contribution in [1.82, 2.24) is 19.9 Å². The van der Waals surface area contributed by atoms with Crippen LogP contribution in [0.4, 0.5) is 0 Å². The molecule has 0 aliphatic carbocycles. The van der Waals surface area contributed by atoms with E-state index < -0.39 is 0 Å². The standard InChI is InChI=1S/C14H18N4/c1-18-13(12-4-2-3-7-16-12)10-17-14(18)11-5-8-15-9-6-11/h2-4,7,10-11,15H,5-6,8-9H2,1H3. The van der Waals surface area contributed by atoms with Crippen molar-refractivity contribution in [3.63, 3.8) is 0 Å². The average Bonchev–Trinajstić information content (AvgIpc) is 2.83. The third-order valence-corrected chi connectivity index (χ3v) is 3.66. The van der Waals surface area contributed by atoms with Crippen molar-refractivity contribution in [2.45, 2.75) is 18.8 Å². The molecular weight excluding hydrogens is 224 g/mol. The molecule has 94 valence electrons. The van der Waals surface area contributed by atoms with Crippen LogP contribution in [0.3, 0.4) is 0 Å². The van der Waals surface area contributed by atoms with Crippen molar-refractivity contribution >= 4 is 0 Å². The first-order valence-electron chi connectivity index (χ1n) is 6.50. The number of nitrogens with zero attached hydrogens (tertiary/aromatic N) is 3. The van der Waals surface area contributed by atoms with Gasteiger partial charge in [-0.25, -0.2) is 4.98 Å². The molecule has 1 fully saturated rings. The summed E-state index contributed by atoms with van der Waals surface area (Å²) in [5, 5.41) is 3.39. The van der Waals surface area contributed by atoms with E-state index >= 15 is 0 Å². The zero-order chi connectivity index (χ0) is 12.4. The molecule has 2 aromatic heterocycles. The topological polar surface area (TPSA) is 42.7 Å². The van der Waals surface area contributed by atoms with Crippen molar-refractivity contribution in [3.8, 4) is 11.4 Å². The minimum absolute atomic E-state index is 0.578. The maximum absolute atomic E-state index is 4.61. The maximum atomic E-state index is 4.61. The Labute approximate surface area is 107 Å². The second-order valence-electron chi connectivity index (χ2n) is 4.80. The molecule has 0 unspecified atom stereocenters. The summed E-state index contributed by atoms with van der Waals surface area (Å²) in [4.78, 5) is 9.01. The lowest BCUT2D eigenvalue weighted by Crippen LogP contribution is -2.27. The first-order chi connectivity index (χ1) is 8.86. The largest absolute Gasteiger partial charge is 0.330 e. The SMILES string of the molecule is Cn1c(-c2ccccn2)cnc1C1CCNCC1. The highest BCUT2D eigenvalue weighted by Gasteiger charge is 2.20. The molecule has 0 atom stereocenters. The minimum Gasteiger partial charge on any atom is -0.330 e. The van der Waals surface area contributed by atoms with Gasteiger partial charge in [-0.3, -0.25) is 4.98 Å². The average molecular weight is 242 g/mol. The third kappa shape index (κ3) is 2.04. The van der Waals surface area contributed by atoms with Gasteiger partial charge in [0.15, 0.2) is 0 Å². The molecule has 18 heavy (non-hydrogen) atoms. The van der Waals surface area contributed by atoms with Crippen LogP contribution in [0.2, 0.25) is 0 Å². The fraction of sp³-hybridized carbons (Fsp3) is 0.429. The fourth-order valence-corrected chi connectivity index (χ4v) is 2.64. The van der Waals surface area contributed by atoms with Crippen LogP contribution in [0.5, 0.6) is 0 Å². The van der Waals surface area contributed by atoms with Crippen LogP contribution in [0.1, 0.15) is 24.6 Å². The Morgan fingerprint density at radius 3 is 2.78 bits per heavy atom. The monoisotopic (exact) mass is 242 g/mol. The molecule has 1 aliphatic heterocycles. The van der Waals surface area contributed by atoms with Gasteiger partial charge in [0.2, 0.25) is 0 Å². The highest BCUT2D eigenvalue weighted by Crippen LogP contribution is 2.27. The van der Waals surface area contributed by atoms with Crippen LogP contribution in [-0.2, 0) is 7.05 Å². The molecule has 0 saturated carbocycles. The van der Waals surface area contributed by atoms with E-state index in [0.717, 1.165) is 24.5 Å². The van der Waals surface area contributed by atoms with Gasteiger partial charge in [-0.05, 0) is 38.1 Å². The number of nitrogens with one attached hydrogen (secondary N) is 1. The van der Waals surface area contributed by atoms with Crippen molar-refractivity contribution < 1.29 is 0 Å². The predicted octanol–water partition coefficient (Wildman–Crippen LogP) is 1.95. The van der Waals surface area contributed by atoms with Gasteiger partial charge in [0, 0.05) is 19.2 Å². The molecule has 2 aromatic rings. The molecule has 4 heteroatoms. The Kier molecular flexibility index (Phi) is 3.11. The molecule has 0 amide bonds. The summed E-state index contributed by atoms with van der Waals surface area (Å²) in [5.41, 5.74) is 2.09. The number of imidazole rings is 1. The van der Waals surface area contributed by atoms with Gasteiger partial charge < -0.3 is 9.88 Å². The van der Waals surface area contributed by atoms with Gasteiger partial charge in [0.05, 0.1) is 17.6 Å². The van der Waals surface area contributed by atoms with E-state index in [1.807, 2.05) is 30.6 Å². The van der Waals surface area contributed by atoms with Crippen LogP contribution in [-0.4, -0.2) is 27.6 Å². The van der Waals surface area contributed by atoms with Gasteiger partial charge in [-0.1, -0.05) is 6.07 Å². The lowest BCUT2D eigenvalue weighted by atomic mass is 9.97. The summed E-state index contributed by atoms with van der Waals surface area (Å²) in [5.74, 6) is 1.77. The van der Waals surface area contributed by atoms with Gasteiger partial charge >= 0.3 is 0 Å². The van der Waals surface area contributed by atoms with Gasteiger partial charge in [0.1, 0.15) is 5.82 Å². The van der Waals surface area contributed by atoms with E-state index in [-0.39, 0.29) is 0 Å². The normalized spacial score (nSPS) is 16.9. The highest BCUT2D eigenvalue weighted by atomic mass is 15.1. The van der Waals surface area contributed by atoms with Crippen LogP contribution in [0, 0.1) is 0 Å². The Morgan fingerprint density at radius 2 is 2.06 bits per heavy atom. The Balaban J connectivity index is 1.92. The highest BCUT2D eigenvalue weighted by molar-refractivity contribution is 5.53. The number of aromatic nitrogens is 3. The van der Waals surface area contributed by atoms with E-state index in [1.54, 1.807) is 0 Å². The molecule has 3 heterocycles. The van der Waals surface area contributed by atoms with Crippen molar-refractivity contribution in [3.05, 3.63) is 36.4 Å². The van der Waals surface area contributed by atoms with Gasteiger partial charge in [-0.2, -0.15) is 0 Å². The molecule has 1 aliphatic rings. The molecule has 4 nitrogen and oxygen atoms in total. The smallest absolute Gasteiger partial charge is 0.112 e. The van der Waals surface area contributed by atoms with E-state index in [1.165, 1.54) is 18.7 Å². The summed E-state index contributed by atoms with van der Waals surface area (Å²) in [6.07, 6.45) is 6.12. The molecule has 0 aromatic carbocycles. The Morgan fingerprint density at radius 1 is 1.22 bits per heavy atom. The Bertz CT molecular complexity index is 512. The Hall–Kier alpha value is -1.68. The maximum Gasteiger partial charge on any atom is 0.112 e. The zero-order valence-electron chi connectivity index (χ0n) is 10.6. The third-order valence-electron chi connectivity index (χ3n) is 3.66. The summed E-state index contributed by atoms with van der Waals surface area (Å²) >= 11 is 0. The fourth-order valence-electron chi connectivity index (χ4n) is 2.64. The van der Waals surface area contributed by atoms with Crippen molar-refractivity contribution in [2.24, 2.45) is 7.05 Å². The summed E-state index contributed by atoms with van der Waals surface area (Å²) in [6, 6.07) is 5.98. The van der Waals surface area contributed by atoms with Gasteiger partial charge in [0.25, 0.3) is 0 Å². The number of pyridine rings is 1. The molecular formula is C14H18N4. The van der Waals surface area contributed by atoms with Crippen LogP contribution < -0.4 is 5.32 Å². The van der Waals surface area contributed by atoms with Gasteiger partial charge in [-0.15, -0.1) is 0 Å². The quantitative estimate of drug-likeness (QED) is 0.875. The van der Waals surface area contributed by atoms with Crippen LogP contribution in [0.15, 0.2) is 30.6 Å². The van der Waals surface area contributed by atoms with E-state index in [2.05, 4.69) is 26.9 Å². The number of rotatable bonds is 2. The molecule has 1 N–H and O–H groups in total. The summed E-state index contributed by atoms with van der Waals surface area (Å²) in [6.45, 7) is 2.19. The number of piperidine rings is 1. The lowest BCUT2D eigenvalue weighted by Gasteiger charge is -2.22. The predicted molar refractivity (Wildman–Crippen MR) is 71.3 cm³/mol. The summed E-state index contributed by atoms with van der Waals surface area (Å²) in [7, 11) is 2.09. The molecule has 0 spiro atoms. The zero-order valence-corrected chi connectivity index (χ0v) is 10.6. The molecule has 1 saturated heterocycles. The number of hydrogen-bond acceptors (Lipinski definition) is 3. The van der Waals surface area contributed by atoms with Crippen LogP contribution in [0.25, 0.3) is 11.4 Å². The lowest BCUT2D eigenvalue weighted by molar-refractivity contribution is 0.437. The molecule has 0 bridgehead atoms.